The number of nitrogens with one attached hydrogen (secondary N) is 1. The number of rotatable bonds is 3. The molecule has 1 aliphatic rings. The highest BCUT2D eigenvalue weighted by atomic mass is 35.5. The Morgan fingerprint density at radius 3 is 2.06 bits per heavy atom. The summed E-state index contributed by atoms with van der Waals surface area (Å²) in [4.78, 5) is 2.10. The molecule has 1 heterocycles. The average molecular weight is 243 g/mol. The van der Waals surface area contributed by atoms with Gasteiger partial charge in [0, 0.05) is 40.0 Å². The van der Waals surface area contributed by atoms with Crippen molar-refractivity contribution in [3.8, 4) is 0 Å². The Balaban J connectivity index is 0.00000128. The van der Waals surface area contributed by atoms with Crippen molar-refractivity contribution in [2.24, 2.45) is 0 Å². The minimum absolute atomic E-state index is 0. The number of anilines is 1. The van der Waals surface area contributed by atoms with Crippen LogP contribution in [0.3, 0.4) is 0 Å². The predicted molar refractivity (Wildman–Crippen MR) is 69.6 cm³/mol. The summed E-state index contributed by atoms with van der Waals surface area (Å²) in [6.07, 6.45) is 0. The highest BCUT2D eigenvalue weighted by Gasteiger charge is 2.38. The standard InChI is InChI=1S/C12H18N2O.ClH/c1-14(2)11-6-4-10(5-7-11)12(15-3)8-13-9-12;/h4-7,13H,8-9H2,1-3H3;1H. The lowest BCUT2D eigenvalue weighted by Crippen LogP contribution is -2.57. The van der Waals surface area contributed by atoms with Crippen LogP contribution < -0.4 is 10.2 Å². The molecule has 0 unspecified atom stereocenters. The maximum atomic E-state index is 5.58. The van der Waals surface area contributed by atoms with Crippen molar-refractivity contribution in [2.45, 2.75) is 5.60 Å². The van der Waals surface area contributed by atoms with Crippen LogP contribution in [-0.2, 0) is 10.3 Å². The topological polar surface area (TPSA) is 24.5 Å². The van der Waals surface area contributed by atoms with Crippen LogP contribution in [0.5, 0.6) is 0 Å². The Hall–Kier alpha value is -0.770. The molecule has 0 saturated carbocycles. The van der Waals surface area contributed by atoms with Gasteiger partial charge in [0.1, 0.15) is 5.60 Å². The average Bonchev–Trinajstić information content (AvgIpc) is 2.18. The first kappa shape index (κ1) is 13.3. The Kier molecular flexibility index (Phi) is 4.19. The van der Waals surface area contributed by atoms with E-state index in [0.717, 1.165) is 13.1 Å². The molecule has 16 heavy (non-hydrogen) atoms. The van der Waals surface area contributed by atoms with E-state index in [1.165, 1.54) is 11.3 Å². The normalized spacial score (nSPS) is 17.2. The number of nitrogens with zero attached hydrogens (tertiary/aromatic N) is 1. The number of hydrogen-bond acceptors (Lipinski definition) is 3. The van der Waals surface area contributed by atoms with E-state index >= 15 is 0 Å². The first-order valence-corrected chi connectivity index (χ1v) is 5.22. The number of halogens is 1. The summed E-state index contributed by atoms with van der Waals surface area (Å²) in [5, 5.41) is 3.25. The molecule has 0 spiro atoms. The van der Waals surface area contributed by atoms with Crippen LogP contribution in [0.4, 0.5) is 5.69 Å². The van der Waals surface area contributed by atoms with Gasteiger partial charge in [0.2, 0.25) is 0 Å². The lowest BCUT2D eigenvalue weighted by molar-refractivity contribution is -0.0565. The maximum Gasteiger partial charge on any atom is 0.117 e. The Bertz CT molecular complexity index is 328. The molecule has 1 aliphatic heterocycles. The zero-order chi connectivity index (χ0) is 10.9. The fraction of sp³-hybridized carbons (Fsp3) is 0.500. The lowest BCUT2D eigenvalue weighted by Gasteiger charge is -2.41. The highest BCUT2D eigenvalue weighted by Crippen LogP contribution is 2.30. The third-order valence-corrected chi connectivity index (χ3v) is 3.12. The van der Waals surface area contributed by atoms with Crippen LogP contribution in [0.1, 0.15) is 5.56 Å². The van der Waals surface area contributed by atoms with Gasteiger partial charge in [-0.15, -0.1) is 12.4 Å². The quantitative estimate of drug-likeness (QED) is 0.872. The van der Waals surface area contributed by atoms with Gasteiger partial charge in [-0.3, -0.25) is 0 Å². The zero-order valence-corrected chi connectivity index (χ0v) is 10.8. The van der Waals surface area contributed by atoms with Crippen LogP contribution in [0, 0.1) is 0 Å². The molecule has 0 aliphatic carbocycles. The highest BCUT2D eigenvalue weighted by molar-refractivity contribution is 5.85. The Morgan fingerprint density at radius 1 is 1.19 bits per heavy atom. The van der Waals surface area contributed by atoms with Crippen molar-refractivity contribution in [2.75, 3.05) is 39.2 Å². The number of benzene rings is 1. The summed E-state index contributed by atoms with van der Waals surface area (Å²) < 4.78 is 5.58. The number of hydrogen-bond donors (Lipinski definition) is 1. The van der Waals surface area contributed by atoms with E-state index in [2.05, 4.69) is 34.5 Å². The molecule has 2 rings (SSSR count). The van der Waals surface area contributed by atoms with E-state index in [1.54, 1.807) is 7.11 Å². The summed E-state index contributed by atoms with van der Waals surface area (Å²) in [6.45, 7) is 1.82. The molecule has 1 aromatic carbocycles. The molecule has 0 radical (unpaired) electrons. The summed E-state index contributed by atoms with van der Waals surface area (Å²) >= 11 is 0. The van der Waals surface area contributed by atoms with Gasteiger partial charge in [0.05, 0.1) is 0 Å². The summed E-state index contributed by atoms with van der Waals surface area (Å²) in [5.41, 5.74) is 2.39. The maximum absolute atomic E-state index is 5.58. The van der Waals surface area contributed by atoms with Gasteiger partial charge in [-0.2, -0.15) is 0 Å². The summed E-state index contributed by atoms with van der Waals surface area (Å²) in [5.74, 6) is 0. The van der Waals surface area contributed by atoms with Gasteiger partial charge >= 0.3 is 0 Å². The number of ether oxygens (including phenoxy) is 1. The predicted octanol–water partition coefficient (Wildman–Crippen LogP) is 1.62. The van der Waals surface area contributed by atoms with Gasteiger partial charge in [-0.25, -0.2) is 0 Å². The van der Waals surface area contributed by atoms with E-state index in [4.69, 9.17) is 4.74 Å². The van der Waals surface area contributed by atoms with Crippen molar-refractivity contribution in [1.82, 2.24) is 5.32 Å². The van der Waals surface area contributed by atoms with Gasteiger partial charge in [0.15, 0.2) is 0 Å². The fourth-order valence-electron chi connectivity index (χ4n) is 1.88. The third-order valence-electron chi connectivity index (χ3n) is 3.12. The van der Waals surface area contributed by atoms with E-state index in [0.29, 0.717) is 0 Å². The molecule has 1 N–H and O–H groups in total. The molecule has 0 aromatic heterocycles. The molecule has 4 heteroatoms. The van der Waals surface area contributed by atoms with Crippen molar-refractivity contribution in [1.29, 1.82) is 0 Å². The van der Waals surface area contributed by atoms with Crippen LogP contribution in [0.25, 0.3) is 0 Å². The SMILES string of the molecule is COC1(c2ccc(N(C)C)cc2)CNC1.Cl. The fourth-order valence-corrected chi connectivity index (χ4v) is 1.88. The largest absolute Gasteiger partial charge is 0.378 e. The second kappa shape index (κ2) is 5.04. The van der Waals surface area contributed by atoms with Crippen molar-refractivity contribution < 1.29 is 4.74 Å². The molecule has 0 amide bonds. The van der Waals surface area contributed by atoms with E-state index in [9.17, 15) is 0 Å². The van der Waals surface area contributed by atoms with E-state index < -0.39 is 0 Å². The molecule has 0 bridgehead atoms. The molecule has 0 atom stereocenters. The number of methoxy groups -OCH3 is 1. The molecule has 1 aromatic rings. The minimum Gasteiger partial charge on any atom is -0.378 e. The van der Waals surface area contributed by atoms with Crippen molar-refractivity contribution >= 4 is 18.1 Å². The van der Waals surface area contributed by atoms with E-state index in [1.807, 2.05) is 14.1 Å². The second-order valence-electron chi connectivity index (χ2n) is 4.24. The molecule has 1 saturated heterocycles. The third kappa shape index (κ3) is 2.17. The second-order valence-corrected chi connectivity index (χ2v) is 4.24. The van der Waals surface area contributed by atoms with Gasteiger partial charge < -0.3 is 15.0 Å². The van der Waals surface area contributed by atoms with Crippen LogP contribution >= 0.6 is 12.4 Å². The Morgan fingerprint density at radius 2 is 1.75 bits per heavy atom. The van der Waals surface area contributed by atoms with E-state index in [-0.39, 0.29) is 18.0 Å². The monoisotopic (exact) mass is 242 g/mol. The first-order valence-electron chi connectivity index (χ1n) is 5.22. The minimum atomic E-state index is -0.0924. The van der Waals surface area contributed by atoms with Crippen LogP contribution in [0.15, 0.2) is 24.3 Å². The van der Waals surface area contributed by atoms with Crippen LogP contribution in [0.2, 0.25) is 0 Å². The molecule has 1 fully saturated rings. The summed E-state index contributed by atoms with van der Waals surface area (Å²) in [7, 11) is 5.87. The zero-order valence-electron chi connectivity index (χ0n) is 9.99. The summed E-state index contributed by atoms with van der Waals surface area (Å²) in [6, 6.07) is 8.57. The molecule has 3 nitrogen and oxygen atoms in total. The van der Waals surface area contributed by atoms with Gasteiger partial charge in [-0.1, -0.05) is 12.1 Å². The van der Waals surface area contributed by atoms with Crippen molar-refractivity contribution in [3.05, 3.63) is 29.8 Å². The van der Waals surface area contributed by atoms with Gasteiger partial charge in [0.25, 0.3) is 0 Å². The molecular formula is C12H19ClN2O. The Labute approximate surface area is 103 Å². The smallest absolute Gasteiger partial charge is 0.117 e. The van der Waals surface area contributed by atoms with Gasteiger partial charge in [-0.05, 0) is 17.7 Å². The first-order chi connectivity index (χ1) is 7.18. The van der Waals surface area contributed by atoms with Crippen LogP contribution in [-0.4, -0.2) is 34.3 Å². The van der Waals surface area contributed by atoms with Crippen molar-refractivity contribution in [3.63, 3.8) is 0 Å². The lowest BCUT2D eigenvalue weighted by atomic mass is 9.88. The molecule has 90 valence electrons. The molecular weight excluding hydrogens is 224 g/mol.